The van der Waals surface area contributed by atoms with Crippen molar-refractivity contribution < 1.29 is 19.2 Å². The molecule has 1 N–H and O–H groups in total. The third-order valence-corrected chi connectivity index (χ3v) is 4.36. The summed E-state index contributed by atoms with van der Waals surface area (Å²) >= 11 is 5.75. The number of anilines is 1. The summed E-state index contributed by atoms with van der Waals surface area (Å²) < 4.78 is 5.33. The zero-order chi connectivity index (χ0) is 22.5. The third kappa shape index (κ3) is 6.35. The van der Waals surface area contributed by atoms with Crippen molar-refractivity contribution >= 4 is 35.0 Å². The molecule has 1 saturated heterocycles. The molecule has 1 aliphatic rings. The molecule has 1 aromatic carbocycles. The number of nitrogens with zero attached hydrogens (tertiary/aromatic N) is 4. The molecule has 160 valence electrons. The molecule has 1 fully saturated rings. The first-order valence-electron chi connectivity index (χ1n) is 9.09. The number of halogens is 1. The van der Waals surface area contributed by atoms with Crippen molar-refractivity contribution in [3.05, 3.63) is 45.1 Å². The standard InChI is InChI=1S/C19H22ClN5O5/c1-19(2,3)30-18(27)24-8-6-23(7-9-24)12-13(11-21)17(26)22-14-4-5-15(20)16(10-14)25(28)29/h4-5,10,12H,6-9H2,1-3H3,(H,22,26)/b13-12-. The number of nitro groups is 1. The van der Waals surface area contributed by atoms with Crippen molar-refractivity contribution in [2.24, 2.45) is 0 Å². The average molecular weight is 436 g/mol. The molecular weight excluding hydrogens is 414 g/mol. The van der Waals surface area contributed by atoms with E-state index >= 15 is 0 Å². The molecule has 0 atom stereocenters. The van der Waals surface area contributed by atoms with Crippen LogP contribution in [0.4, 0.5) is 16.2 Å². The van der Waals surface area contributed by atoms with Gasteiger partial charge in [0.2, 0.25) is 0 Å². The van der Waals surface area contributed by atoms with Gasteiger partial charge in [-0.2, -0.15) is 5.26 Å². The Balaban J connectivity index is 2.00. The van der Waals surface area contributed by atoms with Crippen molar-refractivity contribution in [1.29, 1.82) is 5.26 Å². The first-order valence-corrected chi connectivity index (χ1v) is 9.47. The first-order chi connectivity index (χ1) is 14.0. The van der Waals surface area contributed by atoms with Gasteiger partial charge in [-0.3, -0.25) is 14.9 Å². The second-order valence-corrected chi connectivity index (χ2v) is 7.94. The van der Waals surface area contributed by atoms with E-state index in [1.165, 1.54) is 18.3 Å². The molecule has 1 heterocycles. The lowest BCUT2D eigenvalue weighted by Crippen LogP contribution is -2.48. The molecule has 11 heteroatoms. The van der Waals surface area contributed by atoms with E-state index in [2.05, 4.69) is 5.32 Å². The van der Waals surface area contributed by atoms with Gasteiger partial charge >= 0.3 is 6.09 Å². The van der Waals surface area contributed by atoms with Gasteiger partial charge in [-0.05, 0) is 32.9 Å². The van der Waals surface area contributed by atoms with Crippen LogP contribution in [-0.2, 0) is 9.53 Å². The van der Waals surface area contributed by atoms with Crippen LogP contribution in [0, 0.1) is 21.4 Å². The molecular formula is C19H22ClN5O5. The van der Waals surface area contributed by atoms with E-state index in [4.69, 9.17) is 16.3 Å². The molecule has 0 aromatic heterocycles. The Morgan fingerprint density at radius 1 is 1.30 bits per heavy atom. The Kier molecular flexibility index (Phi) is 7.24. The summed E-state index contributed by atoms with van der Waals surface area (Å²) in [5.74, 6) is -0.705. The summed E-state index contributed by atoms with van der Waals surface area (Å²) in [6.07, 6.45) is 1.00. The minimum Gasteiger partial charge on any atom is -0.444 e. The maximum absolute atomic E-state index is 12.4. The summed E-state index contributed by atoms with van der Waals surface area (Å²) in [6.45, 7) is 6.98. The second-order valence-electron chi connectivity index (χ2n) is 7.54. The molecule has 2 amide bonds. The van der Waals surface area contributed by atoms with Gasteiger partial charge in [0, 0.05) is 44.1 Å². The second kappa shape index (κ2) is 9.45. The molecule has 0 spiro atoms. The fourth-order valence-corrected chi connectivity index (χ4v) is 2.80. The van der Waals surface area contributed by atoms with Gasteiger partial charge in [-0.25, -0.2) is 4.79 Å². The number of hydrogen-bond acceptors (Lipinski definition) is 7. The highest BCUT2D eigenvalue weighted by molar-refractivity contribution is 6.32. The molecule has 0 aliphatic carbocycles. The molecule has 0 radical (unpaired) electrons. The quantitative estimate of drug-likeness (QED) is 0.333. The number of piperazine rings is 1. The van der Waals surface area contributed by atoms with Gasteiger partial charge < -0.3 is 19.9 Å². The summed E-state index contributed by atoms with van der Waals surface area (Å²) in [5.41, 5.74) is -0.961. The van der Waals surface area contributed by atoms with E-state index in [0.29, 0.717) is 26.2 Å². The SMILES string of the molecule is CC(C)(C)OC(=O)N1CCN(/C=C(/C#N)C(=O)Nc2ccc(Cl)c([N+](=O)[O-])c2)CC1. The van der Waals surface area contributed by atoms with Crippen LogP contribution in [0.1, 0.15) is 20.8 Å². The maximum Gasteiger partial charge on any atom is 0.410 e. The zero-order valence-electron chi connectivity index (χ0n) is 16.8. The Bertz CT molecular complexity index is 911. The number of hydrogen-bond donors (Lipinski definition) is 1. The summed E-state index contributed by atoms with van der Waals surface area (Å²) in [7, 11) is 0. The summed E-state index contributed by atoms with van der Waals surface area (Å²) in [5, 5.41) is 22.7. The Morgan fingerprint density at radius 3 is 2.47 bits per heavy atom. The largest absolute Gasteiger partial charge is 0.444 e. The molecule has 1 aromatic rings. The van der Waals surface area contributed by atoms with Crippen molar-refractivity contribution in [2.45, 2.75) is 26.4 Å². The van der Waals surface area contributed by atoms with Crippen LogP contribution in [0.3, 0.4) is 0 Å². The predicted octanol–water partition coefficient (Wildman–Crippen LogP) is 3.15. The monoisotopic (exact) mass is 435 g/mol. The number of carbonyl (C=O) groups is 2. The van der Waals surface area contributed by atoms with Crippen LogP contribution in [-0.4, -0.2) is 58.5 Å². The van der Waals surface area contributed by atoms with E-state index in [0.717, 1.165) is 6.07 Å². The van der Waals surface area contributed by atoms with Gasteiger partial charge in [-0.15, -0.1) is 0 Å². The Hall–Kier alpha value is -3.32. The van der Waals surface area contributed by atoms with E-state index in [-0.39, 0.29) is 22.0 Å². The lowest BCUT2D eigenvalue weighted by molar-refractivity contribution is -0.384. The highest BCUT2D eigenvalue weighted by atomic mass is 35.5. The normalized spacial score (nSPS) is 14.7. The fraction of sp³-hybridized carbons (Fsp3) is 0.421. The number of nitrogens with one attached hydrogen (secondary N) is 1. The highest BCUT2D eigenvalue weighted by Gasteiger charge is 2.25. The average Bonchev–Trinajstić information content (AvgIpc) is 2.66. The molecule has 2 rings (SSSR count). The minimum atomic E-state index is -0.705. The summed E-state index contributed by atoms with van der Waals surface area (Å²) in [4.78, 5) is 38.1. The molecule has 30 heavy (non-hydrogen) atoms. The Morgan fingerprint density at radius 2 is 1.93 bits per heavy atom. The molecule has 0 saturated carbocycles. The number of carbonyl (C=O) groups excluding carboxylic acids is 2. The van der Waals surface area contributed by atoms with Gasteiger partial charge in [0.1, 0.15) is 22.3 Å². The zero-order valence-corrected chi connectivity index (χ0v) is 17.6. The van der Waals surface area contributed by atoms with E-state index in [1.54, 1.807) is 30.6 Å². The maximum atomic E-state index is 12.4. The number of nitriles is 1. The highest BCUT2D eigenvalue weighted by Crippen LogP contribution is 2.27. The number of nitro benzene ring substituents is 1. The number of benzene rings is 1. The van der Waals surface area contributed by atoms with Crippen LogP contribution < -0.4 is 5.32 Å². The number of amides is 2. The van der Waals surface area contributed by atoms with Crippen LogP contribution >= 0.6 is 11.6 Å². The molecule has 0 bridgehead atoms. The van der Waals surface area contributed by atoms with Gasteiger partial charge in [0.15, 0.2) is 0 Å². The first kappa shape index (κ1) is 23.0. The minimum absolute atomic E-state index is 0.0584. The van der Waals surface area contributed by atoms with Crippen LogP contribution in [0.2, 0.25) is 5.02 Å². The Labute approximate surface area is 178 Å². The van der Waals surface area contributed by atoms with E-state index in [9.17, 15) is 25.0 Å². The number of ether oxygens (including phenoxy) is 1. The van der Waals surface area contributed by atoms with Crippen molar-refractivity contribution in [3.63, 3.8) is 0 Å². The fourth-order valence-electron chi connectivity index (χ4n) is 2.61. The van der Waals surface area contributed by atoms with Crippen molar-refractivity contribution in [3.8, 4) is 6.07 Å². The smallest absolute Gasteiger partial charge is 0.410 e. The summed E-state index contributed by atoms with van der Waals surface area (Å²) in [6, 6.07) is 5.64. The van der Waals surface area contributed by atoms with Gasteiger partial charge in [-0.1, -0.05) is 11.6 Å². The molecule has 0 unspecified atom stereocenters. The van der Waals surface area contributed by atoms with E-state index in [1.807, 2.05) is 6.07 Å². The lowest BCUT2D eigenvalue weighted by atomic mass is 10.2. The van der Waals surface area contributed by atoms with Crippen molar-refractivity contribution in [1.82, 2.24) is 9.80 Å². The predicted molar refractivity (Wildman–Crippen MR) is 110 cm³/mol. The topological polar surface area (TPSA) is 129 Å². The van der Waals surface area contributed by atoms with Crippen LogP contribution in [0.15, 0.2) is 30.0 Å². The van der Waals surface area contributed by atoms with Gasteiger partial charge in [0.05, 0.1) is 4.92 Å². The van der Waals surface area contributed by atoms with Crippen LogP contribution in [0.25, 0.3) is 0 Å². The number of rotatable bonds is 4. The molecule has 10 nitrogen and oxygen atoms in total. The third-order valence-electron chi connectivity index (χ3n) is 4.04. The van der Waals surface area contributed by atoms with Crippen LogP contribution in [0.5, 0.6) is 0 Å². The van der Waals surface area contributed by atoms with Crippen molar-refractivity contribution in [2.75, 3.05) is 31.5 Å². The van der Waals surface area contributed by atoms with E-state index < -0.39 is 22.5 Å². The molecule has 1 aliphatic heterocycles. The van der Waals surface area contributed by atoms with Gasteiger partial charge in [0.25, 0.3) is 11.6 Å². The lowest BCUT2D eigenvalue weighted by Gasteiger charge is -2.35.